The Bertz CT molecular complexity index is 6640. The molecule has 0 atom stereocenters. The van der Waals surface area contributed by atoms with Crippen LogP contribution in [0.15, 0.2) is 516 Å². The first-order chi connectivity index (χ1) is 70.7. The second kappa shape index (κ2) is 66.5. The van der Waals surface area contributed by atoms with Gasteiger partial charge < -0.3 is 14.2 Å². The van der Waals surface area contributed by atoms with Gasteiger partial charge in [0.1, 0.15) is 29.7 Å². The highest BCUT2D eigenvalue weighted by Gasteiger charge is 2.23. The summed E-state index contributed by atoms with van der Waals surface area (Å²) >= 11 is -0.858. The van der Waals surface area contributed by atoms with Crippen LogP contribution in [0.2, 0.25) is 0 Å². The minimum absolute atomic E-state index is 0.00313. The molecule has 144 heavy (non-hydrogen) atoms. The number of rotatable bonds is 32. The van der Waals surface area contributed by atoms with Gasteiger partial charge in [0, 0.05) is 6.07 Å². The van der Waals surface area contributed by atoms with E-state index in [1.54, 1.807) is 12.1 Å². The van der Waals surface area contributed by atoms with Crippen molar-refractivity contribution in [1.29, 1.82) is 5.26 Å². The van der Waals surface area contributed by atoms with Crippen molar-refractivity contribution in [2.75, 3.05) is 0 Å². The van der Waals surface area contributed by atoms with Crippen molar-refractivity contribution in [3.8, 4) is 23.3 Å². The van der Waals surface area contributed by atoms with E-state index in [9.17, 15) is 14.5 Å². The van der Waals surface area contributed by atoms with Gasteiger partial charge in [-0.3, -0.25) is 10.1 Å². The summed E-state index contributed by atoms with van der Waals surface area (Å²) in [5, 5.41) is 19.3. The Morgan fingerprint density at radius 1 is 0.264 bits per heavy atom. The molecule has 0 fully saturated rings. The molecule has 0 aliphatic rings. The van der Waals surface area contributed by atoms with Crippen molar-refractivity contribution in [3.63, 3.8) is 0 Å². The van der Waals surface area contributed by atoms with E-state index in [0.717, 1.165) is 26.4 Å². The van der Waals surface area contributed by atoms with Crippen LogP contribution in [-0.2, 0) is 37.4 Å². The smallest absolute Gasteiger partial charge is 0.358 e. The van der Waals surface area contributed by atoms with Gasteiger partial charge >= 0.3 is 170 Å². The van der Waals surface area contributed by atoms with Gasteiger partial charge in [0.25, 0.3) is 5.69 Å². The zero-order valence-electron chi connectivity index (χ0n) is 80.8. The maximum atomic E-state index is 12.6. The minimum atomic E-state index is -0.349. The second-order valence-electron chi connectivity index (χ2n) is 32.1. The van der Waals surface area contributed by atoms with Gasteiger partial charge in [-0.05, 0) is 316 Å². The van der Waals surface area contributed by atoms with E-state index in [4.69, 9.17) is 19.5 Å². The number of benzene rings is 19. The summed E-state index contributed by atoms with van der Waals surface area (Å²) in [5.74, 6) is 2.53. The first kappa shape index (κ1) is 112. The van der Waals surface area contributed by atoms with Crippen molar-refractivity contribution >= 4 is 5.69 Å². The van der Waals surface area contributed by atoms with Crippen molar-refractivity contribution < 1.29 is 193 Å². The van der Waals surface area contributed by atoms with Crippen molar-refractivity contribution in [2.24, 2.45) is 0 Å². The molecule has 0 aliphatic heterocycles. The van der Waals surface area contributed by atoms with Gasteiger partial charge in [-0.1, -0.05) is 293 Å². The van der Waals surface area contributed by atoms with Crippen LogP contribution in [0.3, 0.4) is 0 Å². The van der Waals surface area contributed by atoms with E-state index < -0.39 is 0 Å². The number of nitro groups is 1. The van der Waals surface area contributed by atoms with E-state index in [-0.39, 0.29) is 186 Å². The fourth-order valence-electron chi connectivity index (χ4n) is 13.0. The zero-order valence-corrected chi connectivity index (χ0v) is 98.0. The van der Waals surface area contributed by atoms with Crippen LogP contribution in [0, 0.1) is 98.2 Å². The third kappa shape index (κ3) is 45.2. The first-order valence-electron chi connectivity index (χ1n) is 47.3. The molecule has 0 spiro atoms. The summed E-state index contributed by atoms with van der Waals surface area (Å²) in [6.07, 6.45) is 7.60. The lowest BCUT2D eigenvalue weighted by Gasteiger charge is -2.05. The molecule has 19 aromatic rings. The van der Waals surface area contributed by atoms with Crippen LogP contribution in [-0.4, -0.2) is 4.92 Å². The predicted octanol–water partition coefficient (Wildman–Crippen LogP) is 6.83. The molecule has 16 heteroatoms. The highest BCUT2D eigenvalue weighted by Crippen LogP contribution is 2.21. The Kier molecular flexibility index (Phi) is 51.8. The molecule has 0 unspecified atom stereocenters. The molecule has 0 amide bonds. The fourth-order valence-corrected chi connectivity index (χ4v) is 30.8. The molecule has 0 saturated heterocycles. The number of para-hydroxylation sites is 1. The van der Waals surface area contributed by atoms with E-state index >= 15 is 0 Å². The molecule has 0 saturated carbocycles. The molecule has 722 valence electrons. The number of aryl methyl sites for hydroxylation is 4. The highest BCUT2D eigenvalue weighted by atomic mass is 127. The second-order valence-corrected chi connectivity index (χ2v) is 56.3. The van der Waals surface area contributed by atoms with E-state index in [0.29, 0.717) is 19.8 Å². The van der Waals surface area contributed by atoms with Crippen LogP contribution in [0.1, 0.15) is 84.0 Å². The van der Waals surface area contributed by atoms with Gasteiger partial charge in [0.05, 0.1) is 35.8 Å². The summed E-state index contributed by atoms with van der Waals surface area (Å²) < 4.78 is 52.3. The van der Waals surface area contributed by atoms with E-state index in [1.807, 2.05) is 152 Å². The Morgan fingerprint density at radius 3 is 0.826 bits per heavy atom. The average Bonchev–Trinajstić information content (AvgIpc) is 0.885. The quantitative estimate of drug-likeness (QED) is 0.0261. The number of unbranched alkanes of at least 4 members (excludes halogenated alkanes) is 2. The number of halogens is 9. The van der Waals surface area contributed by atoms with Crippen LogP contribution >= 0.6 is 0 Å². The lowest BCUT2D eigenvalue weighted by molar-refractivity contribution is -0.598. The minimum Gasteiger partial charge on any atom is -0.489 e. The molecule has 19 aromatic carbocycles. The number of nitro benzene ring substituents is 1. The predicted molar refractivity (Wildman–Crippen MR) is 552 cm³/mol. The highest BCUT2D eigenvalue weighted by molar-refractivity contribution is 5.33. The summed E-state index contributed by atoms with van der Waals surface area (Å²) in [7, 11) is 0. The maximum absolute atomic E-state index is 12.6. The average molecular weight is 2800 g/mol. The van der Waals surface area contributed by atoms with Crippen molar-refractivity contribution in [1.82, 2.24) is 0 Å². The number of nitrogens with zero attached hydrogens (tertiary/aromatic N) is 2. The standard InChI is InChI=1S/C20H18IO.C20H26I.C19H16IO.C18H14IO.C14H14I.C13H9IN.C12H9FI.C12H9INO2/c1-3-7-17(8-4-1)15-22-16-18-11-13-20(14-12-18)21-19-9-5-2-6-10-19;1-3-5-7-17-9-13-19(14-10-17)21-20-15-11-18(12-16-20)8-6-4-2;1-3-7-16(8-4-1)15-21-19-13-11-18(12-14-19)20-17-9-5-2-6-10-17;1-3-7-15(8-4-1)19-16-11-13-18(14-12-16)20-17-9-5-2-6-10-17;1-11-3-7-13(8-4-11)15-14-9-5-12(2)6-10-14;15-10-11-6-8-13(9-7-11)14-12-4-2-1-3-5-12;13-10-6-8-12(9-7-10)14-11-4-2-1-3-5-11;15-14(16)12-8-4-7-11(9-12)13-10-5-2-1-3-6-10/h1-14H,15-16H2;9-16H,3-8H2,1-2H3;1-14H,15H2;1-14H;3-10H,1-2H3;1-9H;1-9H;1-9H/q8*+1. The van der Waals surface area contributed by atoms with E-state index in [2.05, 4.69) is 367 Å². The molecule has 0 heterocycles. The maximum Gasteiger partial charge on any atom is 0.358 e. The van der Waals surface area contributed by atoms with Crippen LogP contribution in [0.25, 0.3) is 0 Å². The summed E-state index contributed by atoms with van der Waals surface area (Å²) in [4.78, 5) is 10.3. The molecule has 0 aliphatic carbocycles. The van der Waals surface area contributed by atoms with Gasteiger partial charge in [-0.2, -0.15) is 5.26 Å². The monoisotopic (exact) mass is 2790 g/mol. The summed E-state index contributed by atoms with van der Waals surface area (Å²) in [5.41, 5.74) is 10.2. The summed E-state index contributed by atoms with van der Waals surface area (Å²) in [6, 6.07) is 179. The Balaban J connectivity index is 0.000000147. The molecule has 0 N–H and O–H groups in total. The fraction of sp³-hybridized carbons (Fsp3) is 0.102. The van der Waals surface area contributed by atoms with E-state index in [1.165, 1.54) is 149 Å². The normalized spacial score (nSPS) is 10.2. The lowest BCUT2D eigenvalue weighted by atomic mass is 10.1. The first-order valence-corrected chi connectivity index (χ1v) is 64.6. The van der Waals surface area contributed by atoms with Crippen LogP contribution in [0.5, 0.6) is 17.2 Å². The van der Waals surface area contributed by atoms with Crippen molar-refractivity contribution in [2.45, 2.75) is 86.0 Å². The molecule has 7 nitrogen and oxygen atoms in total. The van der Waals surface area contributed by atoms with Gasteiger partial charge in [-0.15, -0.1) is 0 Å². The lowest BCUT2D eigenvalue weighted by Crippen LogP contribution is -3.61. The third-order valence-corrected chi connectivity index (χ3v) is 42.0. The topological polar surface area (TPSA) is 94.6 Å². The van der Waals surface area contributed by atoms with Crippen LogP contribution < -0.4 is 179 Å². The Labute approximate surface area is 934 Å². The molecular formula is C128H115FI8N2O5+8. The summed E-state index contributed by atoms with van der Waals surface area (Å²) in [6.45, 7) is 10.7. The number of ether oxygens (including phenoxy) is 3. The number of hydrogen-bond acceptors (Lipinski definition) is 6. The Morgan fingerprint density at radius 2 is 0.507 bits per heavy atom. The number of hydrogen-bond donors (Lipinski definition) is 0. The molecular weight excluding hydrogens is 2680 g/mol. The third-order valence-electron chi connectivity index (χ3n) is 20.6. The van der Waals surface area contributed by atoms with Gasteiger partial charge in [0.2, 0.25) is 3.57 Å². The molecule has 0 radical (unpaired) electrons. The number of nitriles is 1. The SMILES string of the molecule is CCCCc1ccc([I+]c2ccc(CCCC)cc2)cc1.Cc1ccc([I+]c2ccc(C)cc2)cc1.Fc1ccc([I+]c2ccccc2)cc1.N#Cc1ccc([I+]c2ccccc2)cc1.O=[N+]([O-])c1cccc([I+]c2ccccc2)c1.c1ccc(COCc2ccc([I+]c3ccccc3)cc2)cc1.c1ccc(COc2ccc([I+]c3ccccc3)cc2)cc1.c1ccc(Oc2ccc([I+]c3ccccc3)cc2)cc1. The van der Waals surface area contributed by atoms with Gasteiger partial charge in [-0.25, -0.2) is 4.39 Å². The molecule has 19 rings (SSSR count). The molecule has 0 aromatic heterocycles. The largest absolute Gasteiger partial charge is 0.489 e. The Hall–Kier alpha value is -10.6. The van der Waals surface area contributed by atoms with Gasteiger partial charge in [0.15, 0.2) is 53.6 Å². The molecule has 0 bridgehead atoms. The van der Waals surface area contributed by atoms with Crippen molar-refractivity contribution in [3.05, 3.63) is 633 Å². The number of non-ortho nitro benzene ring substituents is 1. The zero-order chi connectivity index (χ0) is 100. The van der Waals surface area contributed by atoms with Crippen LogP contribution in [0.4, 0.5) is 10.1 Å².